The summed E-state index contributed by atoms with van der Waals surface area (Å²) >= 11 is 0. The number of hydrogen-bond acceptors (Lipinski definition) is 7. The van der Waals surface area contributed by atoms with Crippen LogP contribution in [0.3, 0.4) is 0 Å². The molecule has 0 saturated carbocycles. The summed E-state index contributed by atoms with van der Waals surface area (Å²) < 4.78 is 14.5. The number of ether oxygens (including phenoxy) is 1. The van der Waals surface area contributed by atoms with Crippen molar-refractivity contribution in [1.29, 1.82) is 0 Å². The molecule has 2 aromatic rings. The number of hydrogen-bond donors (Lipinski definition) is 4. The van der Waals surface area contributed by atoms with Gasteiger partial charge in [0.25, 0.3) is 5.56 Å². The molecule has 1 aliphatic heterocycles. The first-order chi connectivity index (χ1) is 9.51. The third-order valence-electron chi connectivity index (χ3n) is 3.06. The number of H-pyrrole nitrogens is 1. The smallest absolute Gasteiger partial charge is 0.280 e. The fourth-order valence-corrected chi connectivity index (χ4v) is 2.13. The van der Waals surface area contributed by atoms with Gasteiger partial charge in [0.05, 0.1) is 19.0 Å². The van der Waals surface area contributed by atoms with E-state index in [9.17, 15) is 9.90 Å². The Kier molecular flexibility index (Phi) is 2.47. The van der Waals surface area contributed by atoms with Gasteiger partial charge in [0, 0.05) is 6.42 Å². The summed E-state index contributed by atoms with van der Waals surface area (Å²) in [4.78, 5) is 21.8. The maximum atomic E-state index is 11.7. The van der Waals surface area contributed by atoms with Gasteiger partial charge in [0.1, 0.15) is 13.7 Å². The maximum Gasteiger partial charge on any atom is 0.280 e. The number of nitrogens with zero attached hydrogens (tertiary/aromatic N) is 3. The second-order valence-corrected chi connectivity index (χ2v) is 4.32. The fourth-order valence-electron chi connectivity index (χ4n) is 2.13. The van der Waals surface area contributed by atoms with E-state index in [1.807, 2.05) is 0 Å². The summed E-state index contributed by atoms with van der Waals surface area (Å²) in [7, 11) is 0. The molecule has 0 aliphatic carbocycles. The Morgan fingerprint density at radius 2 is 2.53 bits per heavy atom. The summed E-state index contributed by atoms with van der Waals surface area (Å²) in [5, 5.41) is 18.8. The number of aliphatic hydroxyl groups excluding tert-OH is 2. The van der Waals surface area contributed by atoms with E-state index in [1.54, 1.807) is 0 Å². The zero-order chi connectivity index (χ0) is 14.4. The molecule has 102 valence electrons. The highest BCUT2D eigenvalue weighted by atomic mass is 16.5. The summed E-state index contributed by atoms with van der Waals surface area (Å²) in [6.45, 7) is -0.340. The number of aromatic amines is 1. The first-order valence-corrected chi connectivity index (χ1v) is 5.70. The second kappa shape index (κ2) is 4.30. The fraction of sp³-hybridized carbons (Fsp3) is 0.500. The molecule has 1 saturated heterocycles. The minimum absolute atomic E-state index is 0.0188. The molecule has 0 spiro atoms. The topological polar surface area (TPSA) is 139 Å². The Hall–Kier alpha value is -1.97. The maximum absolute atomic E-state index is 11.7. The molecular formula is C10H13N5O4. The number of nitrogen functional groups attached to an aromatic ring is 1. The molecule has 0 amide bonds. The van der Waals surface area contributed by atoms with Crippen molar-refractivity contribution in [3.05, 3.63) is 16.7 Å². The molecule has 9 heteroatoms. The minimum atomic E-state index is -0.860. The highest BCUT2D eigenvalue weighted by molar-refractivity contribution is 5.70. The molecule has 5 N–H and O–H groups in total. The van der Waals surface area contributed by atoms with Crippen LogP contribution < -0.4 is 11.3 Å². The molecule has 0 aromatic carbocycles. The average Bonchev–Trinajstić information content (AvgIpc) is 2.89. The van der Waals surface area contributed by atoms with Crippen LogP contribution in [0, 0.1) is 0 Å². The summed E-state index contributed by atoms with van der Waals surface area (Å²) in [6, 6.07) is 0. The molecule has 3 rings (SSSR count). The van der Waals surface area contributed by atoms with E-state index >= 15 is 0 Å². The van der Waals surface area contributed by atoms with Crippen molar-refractivity contribution >= 4 is 17.1 Å². The molecule has 0 bridgehead atoms. The number of fused-ring (bicyclic) bond motifs is 1. The molecule has 1 fully saturated rings. The zero-order valence-corrected chi connectivity index (χ0v) is 9.78. The van der Waals surface area contributed by atoms with Gasteiger partial charge >= 0.3 is 0 Å². The molecule has 0 radical (unpaired) electrons. The monoisotopic (exact) mass is 268 g/mol. The highest BCUT2D eigenvalue weighted by Crippen LogP contribution is 2.30. The summed E-state index contributed by atoms with van der Waals surface area (Å²) in [5.74, 6) is -0.0964. The van der Waals surface area contributed by atoms with Crippen molar-refractivity contribution < 1.29 is 16.3 Å². The third kappa shape index (κ3) is 1.87. The van der Waals surface area contributed by atoms with Crippen molar-refractivity contribution in [2.75, 3.05) is 12.3 Å². The van der Waals surface area contributed by atoms with E-state index in [2.05, 4.69) is 15.0 Å². The molecule has 3 atom stereocenters. The van der Waals surface area contributed by atoms with Crippen LogP contribution in [0.1, 0.15) is 14.0 Å². The van der Waals surface area contributed by atoms with Crippen molar-refractivity contribution in [2.24, 2.45) is 0 Å². The highest BCUT2D eigenvalue weighted by Gasteiger charge is 2.35. The number of imidazole rings is 1. The van der Waals surface area contributed by atoms with Crippen LogP contribution >= 0.6 is 0 Å². The molecule has 9 nitrogen and oxygen atoms in total. The van der Waals surface area contributed by atoms with Gasteiger partial charge in [-0.25, -0.2) is 4.98 Å². The van der Waals surface area contributed by atoms with Crippen molar-refractivity contribution in [1.82, 2.24) is 19.5 Å². The van der Waals surface area contributed by atoms with E-state index in [0.717, 1.165) is 0 Å². The second-order valence-electron chi connectivity index (χ2n) is 4.32. The van der Waals surface area contributed by atoms with Crippen molar-refractivity contribution in [2.45, 2.75) is 24.9 Å². The van der Waals surface area contributed by atoms with E-state index in [0.29, 0.717) is 0 Å². The van der Waals surface area contributed by atoms with Crippen LogP contribution in [0.4, 0.5) is 5.95 Å². The van der Waals surface area contributed by atoms with Crippen LogP contribution in [0.15, 0.2) is 11.1 Å². The van der Waals surface area contributed by atoms with E-state index < -0.39 is 24.0 Å². The molecule has 1 aliphatic rings. The van der Waals surface area contributed by atoms with Crippen LogP contribution in [0.5, 0.6) is 0 Å². The van der Waals surface area contributed by atoms with Gasteiger partial charge in [-0.3, -0.25) is 14.3 Å². The lowest BCUT2D eigenvalue weighted by Gasteiger charge is -2.13. The van der Waals surface area contributed by atoms with Crippen molar-refractivity contribution in [3.8, 4) is 0 Å². The van der Waals surface area contributed by atoms with E-state index in [-0.39, 0.29) is 36.4 Å². The Labute approximate surface area is 108 Å². The van der Waals surface area contributed by atoms with Crippen LogP contribution in [-0.2, 0) is 4.74 Å². The lowest BCUT2D eigenvalue weighted by Crippen LogP contribution is -2.24. The van der Waals surface area contributed by atoms with Gasteiger partial charge in [-0.2, -0.15) is 4.98 Å². The summed E-state index contributed by atoms with van der Waals surface area (Å²) in [5.41, 5.74) is 5.04. The number of aliphatic hydroxyl groups is 2. The Morgan fingerprint density at radius 3 is 3.21 bits per heavy atom. The van der Waals surface area contributed by atoms with Gasteiger partial charge in [-0.15, -0.1) is 0 Å². The zero-order valence-electron chi connectivity index (χ0n) is 10.8. The normalized spacial score (nSPS) is 27.9. The molecule has 0 unspecified atom stereocenters. The van der Waals surface area contributed by atoms with Gasteiger partial charge in [-0.05, 0) is 0 Å². The van der Waals surface area contributed by atoms with Gasteiger partial charge in [-0.1, -0.05) is 0 Å². The predicted molar refractivity (Wildman–Crippen MR) is 64.2 cm³/mol. The van der Waals surface area contributed by atoms with Crippen LogP contribution in [-0.4, -0.2) is 48.5 Å². The Bertz CT molecular complexity index is 713. The number of aromatic nitrogens is 4. The quantitative estimate of drug-likeness (QED) is 0.511. The SMILES string of the molecule is [2H]c1nc2c(=O)[nH]c(N)nc2n1[C@H]1C[C@H](O)[C@@H](CO)O1. The first kappa shape index (κ1) is 10.9. The summed E-state index contributed by atoms with van der Waals surface area (Å²) in [6.07, 6.45) is -2.39. The number of anilines is 1. The minimum Gasteiger partial charge on any atom is -0.394 e. The lowest BCUT2D eigenvalue weighted by atomic mass is 10.2. The van der Waals surface area contributed by atoms with E-state index in [1.165, 1.54) is 4.57 Å². The lowest BCUT2D eigenvalue weighted by molar-refractivity contribution is -0.0432. The number of rotatable bonds is 2. The van der Waals surface area contributed by atoms with Crippen molar-refractivity contribution in [3.63, 3.8) is 0 Å². The molecule has 19 heavy (non-hydrogen) atoms. The number of nitrogens with two attached hydrogens (primary N) is 1. The van der Waals surface area contributed by atoms with E-state index in [4.69, 9.17) is 16.9 Å². The number of nitrogens with one attached hydrogen (secondary N) is 1. The van der Waals surface area contributed by atoms with Gasteiger partial charge in [0.15, 0.2) is 11.2 Å². The van der Waals surface area contributed by atoms with Crippen LogP contribution in [0.25, 0.3) is 11.2 Å². The average molecular weight is 268 g/mol. The predicted octanol–water partition coefficient (Wildman–Crippen LogP) is -1.66. The van der Waals surface area contributed by atoms with Gasteiger partial charge in [0.2, 0.25) is 5.95 Å². The Morgan fingerprint density at radius 1 is 1.74 bits per heavy atom. The Balaban J connectivity index is 2.13. The van der Waals surface area contributed by atoms with Crippen LogP contribution in [0.2, 0.25) is 0 Å². The standard InChI is InChI=1S/C10H13N5O4/c11-10-13-8-7(9(18)14-10)12-3-15(8)6-1-4(17)5(2-16)19-6/h3-6,16-17H,1-2H2,(H3,11,13,14,18)/t4-,5+,6+/m0/s1/i3D. The molecular weight excluding hydrogens is 254 g/mol. The third-order valence-corrected chi connectivity index (χ3v) is 3.06. The first-order valence-electron chi connectivity index (χ1n) is 6.20. The van der Waals surface area contributed by atoms with Gasteiger partial charge < -0.3 is 20.7 Å². The molecule has 3 heterocycles. The largest absolute Gasteiger partial charge is 0.394 e. The molecule has 2 aromatic heterocycles.